The molecule has 1 amide bonds. The van der Waals surface area contributed by atoms with Crippen molar-refractivity contribution in [1.82, 2.24) is 14.2 Å². The first-order valence-corrected chi connectivity index (χ1v) is 14.3. The van der Waals surface area contributed by atoms with E-state index in [1.54, 1.807) is 36.1 Å². The van der Waals surface area contributed by atoms with Crippen LogP contribution < -0.4 is 9.47 Å². The monoisotopic (exact) mass is 545 g/mol. The number of benzene rings is 2. The summed E-state index contributed by atoms with van der Waals surface area (Å²) in [5.74, 6) is 0.891. The van der Waals surface area contributed by atoms with E-state index in [4.69, 9.17) is 13.9 Å². The number of hydrogen-bond donors (Lipinski definition) is 1. The van der Waals surface area contributed by atoms with E-state index in [-0.39, 0.29) is 31.1 Å². The summed E-state index contributed by atoms with van der Waals surface area (Å²) in [4.78, 5) is 19.2. The lowest BCUT2D eigenvalue weighted by Crippen LogP contribution is -2.65. The van der Waals surface area contributed by atoms with Crippen molar-refractivity contribution in [3.63, 3.8) is 0 Å². The van der Waals surface area contributed by atoms with Gasteiger partial charge in [0, 0.05) is 44.7 Å². The van der Waals surface area contributed by atoms with Crippen molar-refractivity contribution in [2.75, 3.05) is 26.2 Å². The second-order valence-electron chi connectivity index (χ2n) is 11.3. The van der Waals surface area contributed by atoms with Gasteiger partial charge in [-0.15, -0.1) is 0 Å². The van der Waals surface area contributed by atoms with E-state index >= 15 is 0 Å². The molecule has 0 bridgehead atoms. The third-order valence-electron chi connectivity index (χ3n) is 8.13. The predicted octanol–water partition coefficient (Wildman–Crippen LogP) is -2.38. The van der Waals surface area contributed by atoms with Crippen LogP contribution >= 0.6 is 0 Å². The number of aliphatic hydroxyl groups is 1. The molecule has 1 aromatic heterocycles. The third-order valence-corrected chi connectivity index (χ3v) is 9.92. The quantitative estimate of drug-likeness (QED) is 0.286. The Bertz CT molecular complexity index is 1650. The van der Waals surface area contributed by atoms with E-state index in [2.05, 4.69) is 4.98 Å². The summed E-state index contributed by atoms with van der Waals surface area (Å²) in [5.41, 5.74) is 3.09. The van der Waals surface area contributed by atoms with Crippen LogP contribution in [0.15, 0.2) is 56.9 Å². The summed E-state index contributed by atoms with van der Waals surface area (Å²) in [5, 5.41) is 9.65. The lowest BCUT2D eigenvalue weighted by molar-refractivity contribution is -0.139. The first-order valence-electron chi connectivity index (χ1n) is 12.8. The van der Waals surface area contributed by atoms with E-state index in [0.717, 1.165) is 11.1 Å². The Labute approximate surface area is 230 Å². The van der Waals surface area contributed by atoms with Crippen molar-refractivity contribution in [3.05, 3.63) is 59.0 Å². The van der Waals surface area contributed by atoms with Crippen molar-refractivity contribution >= 4 is 58.4 Å². The highest BCUT2D eigenvalue weighted by molar-refractivity contribution is 7.89. The molecular formula is C24H27B4N3O7S. The Kier molecular flexibility index (Phi) is 5.80. The molecule has 39 heavy (non-hydrogen) atoms. The fraction of sp³-hybridized carbons (Fsp3) is 0.333. The van der Waals surface area contributed by atoms with Gasteiger partial charge in [-0.25, -0.2) is 13.4 Å². The van der Waals surface area contributed by atoms with Crippen LogP contribution in [0, 0.1) is 6.92 Å². The van der Waals surface area contributed by atoms with Crippen molar-refractivity contribution in [3.8, 4) is 11.5 Å². The molecule has 3 aliphatic heterocycles. The number of aliphatic hydroxyl groups excluding tert-OH is 1. The van der Waals surface area contributed by atoms with E-state index in [9.17, 15) is 18.3 Å². The maximum atomic E-state index is 13.5. The van der Waals surface area contributed by atoms with Gasteiger partial charge in [0.25, 0.3) is 5.91 Å². The molecule has 0 fully saturated rings. The van der Waals surface area contributed by atoms with Crippen LogP contribution in [-0.4, -0.2) is 102 Å². The zero-order valence-corrected chi connectivity index (χ0v) is 23.3. The molecule has 3 aliphatic rings. The molecule has 2 aromatic carbocycles. The molecule has 0 radical (unpaired) electrons. The van der Waals surface area contributed by atoms with Gasteiger partial charge in [-0.05, 0) is 29.3 Å². The molecule has 1 N–H and O–H groups in total. The van der Waals surface area contributed by atoms with Crippen LogP contribution in [0.1, 0.15) is 17.6 Å². The molecule has 10 nitrogen and oxygen atoms in total. The summed E-state index contributed by atoms with van der Waals surface area (Å²) >= 11 is 0. The van der Waals surface area contributed by atoms with Crippen LogP contribution in [0.25, 0.3) is 11.1 Å². The zero-order chi connectivity index (χ0) is 27.9. The topological polar surface area (TPSA) is 122 Å². The minimum atomic E-state index is -3.81. The number of rotatable bonds is 4. The molecule has 0 saturated carbocycles. The predicted molar refractivity (Wildman–Crippen MR) is 153 cm³/mol. The van der Waals surface area contributed by atoms with E-state index in [0.29, 0.717) is 34.1 Å². The number of aryl methyl sites for hydroxylation is 1. The van der Waals surface area contributed by atoms with Gasteiger partial charge in [-0.2, -0.15) is 4.31 Å². The Hall–Kier alpha value is -3.15. The van der Waals surface area contributed by atoms with Crippen molar-refractivity contribution < 1.29 is 32.2 Å². The summed E-state index contributed by atoms with van der Waals surface area (Å²) < 4.78 is 46.2. The fourth-order valence-electron chi connectivity index (χ4n) is 5.24. The number of hydrogen-bond acceptors (Lipinski definition) is 8. The van der Waals surface area contributed by atoms with Crippen molar-refractivity contribution in [2.45, 2.75) is 28.7 Å². The van der Waals surface area contributed by atoms with Gasteiger partial charge >= 0.3 is 0 Å². The maximum Gasteiger partial charge on any atom is 0.256 e. The molecule has 1 atom stereocenters. The Morgan fingerprint density at radius 1 is 1.00 bits per heavy atom. The fourth-order valence-corrected chi connectivity index (χ4v) is 6.68. The van der Waals surface area contributed by atoms with E-state index in [1.807, 2.05) is 31.4 Å². The van der Waals surface area contributed by atoms with Gasteiger partial charge in [0.2, 0.25) is 10.0 Å². The number of amides is 1. The second kappa shape index (κ2) is 8.67. The smallest absolute Gasteiger partial charge is 0.256 e. The molecular weight excluding hydrogens is 518 g/mol. The highest BCUT2D eigenvalue weighted by Crippen LogP contribution is 2.41. The number of aromatic nitrogens is 1. The second-order valence-corrected chi connectivity index (χ2v) is 13.3. The van der Waals surface area contributed by atoms with Crippen molar-refractivity contribution in [1.29, 1.82) is 0 Å². The summed E-state index contributed by atoms with van der Waals surface area (Å²) in [6.07, 6.45) is -1.40. The first-order chi connectivity index (χ1) is 18.3. The normalized spacial score (nSPS) is 20.8. The lowest BCUT2D eigenvalue weighted by Gasteiger charge is -2.47. The van der Waals surface area contributed by atoms with Crippen LogP contribution in [0.2, 0.25) is 0 Å². The minimum Gasteiger partial charge on any atom is -0.499 e. The average molecular weight is 545 g/mol. The number of carbonyl (C=O) groups excluding carboxylic acids is 1. The van der Waals surface area contributed by atoms with Gasteiger partial charge in [-0.1, -0.05) is 12.1 Å². The van der Waals surface area contributed by atoms with Crippen LogP contribution in [0.4, 0.5) is 0 Å². The molecule has 15 heteroatoms. The van der Waals surface area contributed by atoms with Gasteiger partial charge in [-0.3, -0.25) is 4.79 Å². The maximum absolute atomic E-state index is 13.5. The molecule has 1 unspecified atom stereocenters. The number of para-hydroxylation sites is 1. The number of oxazole rings is 1. The van der Waals surface area contributed by atoms with Crippen LogP contribution in [0.5, 0.6) is 11.5 Å². The molecule has 6 rings (SSSR count). The molecule has 0 saturated heterocycles. The SMILES string of the molecule is BC1(B)Oc2ccc(S(=O)(=O)N3CC4=C(CN(C(=O)C(O)c5cccc6oc(C)nc56)C4)C3)cc2OC1(B)B. The van der Waals surface area contributed by atoms with E-state index in [1.165, 1.54) is 16.4 Å². The van der Waals surface area contributed by atoms with Gasteiger partial charge in [0.05, 0.1) is 15.7 Å². The number of sulfonamides is 1. The Morgan fingerprint density at radius 2 is 1.64 bits per heavy atom. The van der Waals surface area contributed by atoms with Gasteiger partial charge in [0.1, 0.15) is 36.9 Å². The third kappa shape index (κ3) is 4.18. The van der Waals surface area contributed by atoms with E-state index < -0.39 is 32.8 Å². The van der Waals surface area contributed by atoms with Crippen LogP contribution in [0.3, 0.4) is 0 Å². The molecule has 0 spiro atoms. The number of fused-ring (bicyclic) bond motifs is 2. The summed E-state index contributed by atoms with van der Waals surface area (Å²) in [6, 6.07) is 9.80. The standard InChI is InChI=1S/C24H27B4N3O7S/c1-12-29-20-16(3-2-4-18(20)36-12)21(32)22(33)30-8-13-10-31(11-14(13)9-30)39(34,35)15-5-6-17-19(7-15)38-24(27,28)23(25,26)37-17/h2-7,21,32H,8-11,25-28H2,1H3. The molecule has 0 aliphatic carbocycles. The van der Waals surface area contributed by atoms with Crippen LogP contribution in [-0.2, 0) is 14.8 Å². The lowest BCUT2D eigenvalue weighted by atomic mass is 9.41. The first kappa shape index (κ1) is 26.1. The molecule has 198 valence electrons. The Morgan fingerprint density at radius 3 is 2.31 bits per heavy atom. The summed E-state index contributed by atoms with van der Waals surface area (Å²) in [6.45, 7) is 2.59. The zero-order valence-electron chi connectivity index (χ0n) is 22.5. The highest BCUT2D eigenvalue weighted by Gasteiger charge is 2.45. The highest BCUT2D eigenvalue weighted by atomic mass is 32.2. The number of nitrogens with zero attached hydrogens (tertiary/aromatic N) is 3. The largest absolute Gasteiger partial charge is 0.499 e. The van der Waals surface area contributed by atoms with Gasteiger partial charge in [0.15, 0.2) is 29.1 Å². The minimum absolute atomic E-state index is 0.126. The number of carbonyl (C=O) groups is 1. The van der Waals surface area contributed by atoms with Gasteiger partial charge < -0.3 is 23.9 Å². The number of ether oxygens (including phenoxy) is 2. The molecule has 3 aromatic rings. The molecule has 4 heterocycles. The van der Waals surface area contributed by atoms with Crippen molar-refractivity contribution in [2.24, 2.45) is 0 Å². The Balaban J connectivity index is 1.15. The summed E-state index contributed by atoms with van der Waals surface area (Å²) in [7, 11) is 3.86. The average Bonchev–Trinajstić information content (AvgIpc) is 3.55.